The van der Waals surface area contributed by atoms with E-state index >= 15 is 0 Å². The number of ether oxygens (including phenoxy) is 1. The summed E-state index contributed by atoms with van der Waals surface area (Å²) >= 11 is 6.03. The highest BCUT2D eigenvalue weighted by Crippen LogP contribution is 2.36. The molecule has 2 aliphatic heterocycles. The molecule has 0 radical (unpaired) electrons. The molecule has 0 spiro atoms. The molecule has 1 aromatic rings. The van der Waals surface area contributed by atoms with Crippen LogP contribution in [-0.2, 0) is 4.74 Å². The number of hydrogen-bond donors (Lipinski definition) is 1. The number of benzene rings is 1. The molecule has 2 heterocycles. The minimum Gasteiger partial charge on any atom is -0.478 e. The summed E-state index contributed by atoms with van der Waals surface area (Å²) in [5.41, 5.74) is 1.90. The molecular weight excluding hydrogens is 278 g/mol. The number of halogens is 1. The van der Waals surface area contributed by atoms with E-state index in [2.05, 4.69) is 11.5 Å². The maximum atomic E-state index is 11.0. The van der Waals surface area contributed by atoms with Crippen LogP contribution in [0.15, 0.2) is 24.8 Å². The minimum absolute atomic E-state index is 0.119. The van der Waals surface area contributed by atoms with Crippen molar-refractivity contribution < 1.29 is 14.6 Å². The van der Waals surface area contributed by atoms with Crippen LogP contribution in [0.4, 0.5) is 0 Å². The molecule has 0 amide bonds. The van der Waals surface area contributed by atoms with E-state index in [0.29, 0.717) is 12.1 Å². The van der Waals surface area contributed by atoms with Gasteiger partial charge in [-0.15, -0.1) is 0 Å². The number of fused-ring (bicyclic) bond motifs is 2. The van der Waals surface area contributed by atoms with E-state index in [9.17, 15) is 4.79 Å². The van der Waals surface area contributed by atoms with Crippen LogP contribution in [0.25, 0.3) is 5.70 Å². The van der Waals surface area contributed by atoms with Gasteiger partial charge < -0.3 is 14.7 Å². The lowest BCUT2D eigenvalue weighted by Crippen LogP contribution is -2.44. The quantitative estimate of drug-likeness (QED) is 0.931. The van der Waals surface area contributed by atoms with Crippen LogP contribution in [0.5, 0.6) is 0 Å². The van der Waals surface area contributed by atoms with Crippen LogP contribution < -0.4 is 0 Å². The fourth-order valence-corrected chi connectivity index (χ4v) is 3.35. The third kappa shape index (κ3) is 2.19. The van der Waals surface area contributed by atoms with Crippen molar-refractivity contribution in [2.75, 3.05) is 13.2 Å². The Labute approximate surface area is 122 Å². The number of aromatic carboxylic acids is 1. The molecule has 2 fully saturated rings. The van der Waals surface area contributed by atoms with Gasteiger partial charge in [0.1, 0.15) is 0 Å². The van der Waals surface area contributed by atoms with Crippen LogP contribution in [0.3, 0.4) is 0 Å². The number of rotatable bonds is 3. The Morgan fingerprint density at radius 1 is 1.35 bits per heavy atom. The second-order valence-corrected chi connectivity index (χ2v) is 5.68. The molecule has 1 N–H and O–H groups in total. The molecule has 2 atom stereocenters. The zero-order valence-corrected chi connectivity index (χ0v) is 11.8. The largest absolute Gasteiger partial charge is 0.478 e. The number of morpholine rings is 1. The summed E-state index contributed by atoms with van der Waals surface area (Å²) in [5, 5.41) is 9.25. The van der Waals surface area contributed by atoms with Gasteiger partial charge in [0, 0.05) is 5.70 Å². The van der Waals surface area contributed by atoms with E-state index in [-0.39, 0.29) is 10.6 Å². The molecule has 2 bridgehead atoms. The summed E-state index contributed by atoms with van der Waals surface area (Å²) in [5.74, 6) is -1.02. The Kier molecular flexibility index (Phi) is 3.44. The summed E-state index contributed by atoms with van der Waals surface area (Å²) in [6.07, 6.45) is 2.23. The van der Waals surface area contributed by atoms with Gasteiger partial charge in [-0.3, -0.25) is 0 Å². The molecule has 4 nitrogen and oxygen atoms in total. The maximum absolute atomic E-state index is 11.0. The summed E-state index contributed by atoms with van der Waals surface area (Å²) in [4.78, 5) is 13.3. The van der Waals surface area contributed by atoms with Gasteiger partial charge in [-0.2, -0.15) is 0 Å². The van der Waals surface area contributed by atoms with Gasteiger partial charge in [0.15, 0.2) is 0 Å². The van der Waals surface area contributed by atoms with Crippen molar-refractivity contribution in [1.29, 1.82) is 0 Å². The third-order valence-electron chi connectivity index (χ3n) is 4.08. The van der Waals surface area contributed by atoms with E-state index in [4.69, 9.17) is 21.4 Å². The molecule has 2 aliphatic rings. The minimum atomic E-state index is -1.02. The number of nitrogens with zero attached hydrogens (tertiary/aromatic N) is 1. The highest BCUT2D eigenvalue weighted by atomic mass is 35.5. The highest BCUT2D eigenvalue weighted by molar-refractivity contribution is 6.33. The van der Waals surface area contributed by atoms with Gasteiger partial charge in [0.2, 0.25) is 0 Å². The van der Waals surface area contributed by atoms with Gasteiger partial charge >= 0.3 is 5.97 Å². The summed E-state index contributed by atoms with van der Waals surface area (Å²) in [6.45, 7) is 5.63. The summed E-state index contributed by atoms with van der Waals surface area (Å²) in [7, 11) is 0. The predicted octanol–water partition coefficient (Wildman–Crippen LogP) is 2.87. The second kappa shape index (κ2) is 5.11. The lowest BCUT2D eigenvalue weighted by atomic mass is 10.1. The fourth-order valence-electron chi connectivity index (χ4n) is 3.09. The van der Waals surface area contributed by atoms with Gasteiger partial charge in [-0.05, 0) is 30.5 Å². The Morgan fingerprint density at radius 2 is 2.00 bits per heavy atom. The van der Waals surface area contributed by atoms with E-state index in [1.54, 1.807) is 12.1 Å². The van der Waals surface area contributed by atoms with Crippen molar-refractivity contribution in [2.24, 2.45) is 0 Å². The smallest absolute Gasteiger partial charge is 0.337 e. The normalized spacial score (nSPS) is 24.8. The molecule has 2 unspecified atom stereocenters. The Hall–Kier alpha value is -1.52. The first kappa shape index (κ1) is 13.5. The molecule has 1 aromatic carbocycles. The van der Waals surface area contributed by atoms with Crippen molar-refractivity contribution in [3.63, 3.8) is 0 Å². The monoisotopic (exact) mass is 293 g/mol. The topological polar surface area (TPSA) is 49.8 Å². The van der Waals surface area contributed by atoms with Gasteiger partial charge in [0.25, 0.3) is 0 Å². The van der Waals surface area contributed by atoms with E-state index < -0.39 is 5.97 Å². The average molecular weight is 294 g/mol. The number of hydrogen-bond acceptors (Lipinski definition) is 3. The fraction of sp³-hybridized carbons (Fsp3) is 0.400. The van der Waals surface area contributed by atoms with Gasteiger partial charge in [-0.1, -0.05) is 24.2 Å². The first-order valence-corrected chi connectivity index (χ1v) is 7.04. The zero-order chi connectivity index (χ0) is 14.3. The highest BCUT2D eigenvalue weighted by Gasteiger charge is 2.38. The number of carboxylic acid groups (broad SMARTS) is 1. The van der Waals surface area contributed by atoms with Gasteiger partial charge in [-0.25, -0.2) is 4.79 Å². The Bertz CT molecular complexity index is 556. The summed E-state index contributed by atoms with van der Waals surface area (Å²) in [6, 6.07) is 5.74. The van der Waals surface area contributed by atoms with E-state index in [1.165, 1.54) is 6.07 Å². The lowest BCUT2D eigenvalue weighted by Gasteiger charge is -2.38. The van der Waals surface area contributed by atoms with Crippen LogP contribution in [0.1, 0.15) is 28.8 Å². The molecular formula is C15H16ClNO3. The zero-order valence-electron chi connectivity index (χ0n) is 11.0. The predicted molar refractivity (Wildman–Crippen MR) is 76.9 cm³/mol. The number of carbonyl (C=O) groups is 1. The first-order chi connectivity index (χ1) is 9.58. The Morgan fingerprint density at radius 3 is 2.55 bits per heavy atom. The Balaban J connectivity index is 1.88. The first-order valence-electron chi connectivity index (χ1n) is 6.66. The molecule has 0 saturated carbocycles. The molecule has 3 rings (SSSR count). The van der Waals surface area contributed by atoms with Crippen molar-refractivity contribution >= 4 is 23.3 Å². The van der Waals surface area contributed by atoms with Crippen LogP contribution in [-0.4, -0.2) is 41.3 Å². The molecule has 0 aliphatic carbocycles. The van der Waals surface area contributed by atoms with Gasteiger partial charge in [0.05, 0.1) is 35.9 Å². The standard InChI is InChI=1S/C15H16ClNO3/c1-9(17-11-3-4-12(17)8-20-7-11)10-2-5-13(15(18)19)14(16)6-10/h2,5-6,11-12H,1,3-4,7-8H2,(H,18,19). The van der Waals surface area contributed by atoms with Crippen molar-refractivity contribution in [3.05, 3.63) is 40.9 Å². The second-order valence-electron chi connectivity index (χ2n) is 5.28. The lowest BCUT2D eigenvalue weighted by molar-refractivity contribution is 0.0156. The number of carboxylic acids is 1. The molecule has 20 heavy (non-hydrogen) atoms. The van der Waals surface area contributed by atoms with Crippen molar-refractivity contribution in [3.8, 4) is 0 Å². The van der Waals surface area contributed by atoms with E-state index in [0.717, 1.165) is 37.3 Å². The van der Waals surface area contributed by atoms with Crippen molar-refractivity contribution in [1.82, 2.24) is 4.90 Å². The van der Waals surface area contributed by atoms with Crippen LogP contribution in [0.2, 0.25) is 5.02 Å². The molecule has 2 saturated heterocycles. The summed E-state index contributed by atoms with van der Waals surface area (Å²) < 4.78 is 5.56. The maximum Gasteiger partial charge on any atom is 0.337 e. The molecule has 5 heteroatoms. The molecule has 0 aromatic heterocycles. The average Bonchev–Trinajstić information content (AvgIpc) is 2.66. The molecule has 106 valence electrons. The van der Waals surface area contributed by atoms with E-state index in [1.807, 2.05) is 0 Å². The third-order valence-corrected chi connectivity index (χ3v) is 4.40. The SMILES string of the molecule is C=C(c1ccc(C(=O)O)c(Cl)c1)N1C2CCC1COC2. The van der Waals surface area contributed by atoms with Crippen LogP contribution in [0, 0.1) is 0 Å². The van der Waals surface area contributed by atoms with Crippen molar-refractivity contribution in [2.45, 2.75) is 24.9 Å². The van der Waals surface area contributed by atoms with Crippen LogP contribution >= 0.6 is 11.6 Å².